The molecular formula is C13H23N3O2S2. The molecule has 114 valence electrons. The average molecular weight is 317 g/mol. The van der Waals surface area contributed by atoms with E-state index in [1.807, 2.05) is 12.3 Å². The van der Waals surface area contributed by atoms with Crippen LogP contribution in [0.3, 0.4) is 0 Å². The average Bonchev–Trinajstić information content (AvgIpc) is 2.73. The first kappa shape index (κ1) is 15.9. The number of hydrogen-bond donors (Lipinski definition) is 1. The molecule has 2 rings (SSSR count). The number of aromatic nitrogens is 1. The Morgan fingerprint density at radius 3 is 2.60 bits per heavy atom. The van der Waals surface area contributed by atoms with Gasteiger partial charge in [0, 0.05) is 31.4 Å². The van der Waals surface area contributed by atoms with Crippen LogP contribution in [0.1, 0.15) is 31.0 Å². The molecule has 0 amide bonds. The van der Waals surface area contributed by atoms with Crippen LogP contribution in [0.15, 0.2) is 5.38 Å². The second-order valence-electron chi connectivity index (χ2n) is 5.77. The van der Waals surface area contributed by atoms with Crippen LogP contribution in [0.2, 0.25) is 0 Å². The fourth-order valence-corrected chi connectivity index (χ4v) is 4.82. The van der Waals surface area contributed by atoms with Crippen LogP contribution in [-0.4, -0.2) is 37.3 Å². The molecule has 1 N–H and O–H groups in total. The summed E-state index contributed by atoms with van der Waals surface area (Å²) < 4.78 is 28.8. The Bertz CT molecular complexity index is 532. The first-order valence-corrected chi connectivity index (χ1v) is 9.34. The van der Waals surface area contributed by atoms with E-state index in [0.29, 0.717) is 37.9 Å². The first-order chi connectivity index (χ1) is 9.37. The molecule has 1 fully saturated rings. The highest BCUT2D eigenvalue weighted by atomic mass is 32.2. The number of nitrogens with zero attached hydrogens (tertiary/aromatic N) is 2. The molecule has 1 saturated heterocycles. The predicted octanol–water partition coefficient (Wildman–Crippen LogP) is 1.81. The van der Waals surface area contributed by atoms with Gasteiger partial charge in [-0.25, -0.2) is 9.71 Å². The van der Waals surface area contributed by atoms with E-state index in [9.17, 15) is 8.42 Å². The van der Waals surface area contributed by atoms with Gasteiger partial charge in [0.05, 0.1) is 10.7 Å². The van der Waals surface area contributed by atoms with E-state index in [-0.39, 0.29) is 0 Å². The topological polar surface area (TPSA) is 62.3 Å². The maximum Gasteiger partial charge on any atom is 0.279 e. The summed E-state index contributed by atoms with van der Waals surface area (Å²) in [6.07, 6.45) is 1.74. The summed E-state index contributed by atoms with van der Waals surface area (Å²) in [5.74, 6) is 0.855. The van der Waals surface area contributed by atoms with Gasteiger partial charge in [0.15, 0.2) is 0 Å². The predicted molar refractivity (Wildman–Crippen MR) is 82.0 cm³/mol. The highest BCUT2D eigenvalue weighted by molar-refractivity contribution is 7.87. The highest BCUT2D eigenvalue weighted by Crippen LogP contribution is 2.22. The summed E-state index contributed by atoms with van der Waals surface area (Å²) in [5.41, 5.74) is 0.954. The van der Waals surface area contributed by atoms with Crippen LogP contribution < -0.4 is 4.72 Å². The van der Waals surface area contributed by atoms with Crippen molar-refractivity contribution in [3.8, 4) is 0 Å². The van der Waals surface area contributed by atoms with Gasteiger partial charge in [-0.2, -0.15) is 12.7 Å². The van der Waals surface area contributed by atoms with Crippen molar-refractivity contribution in [2.45, 2.75) is 33.6 Å². The molecule has 2 heterocycles. The van der Waals surface area contributed by atoms with E-state index in [1.54, 1.807) is 15.6 Å². The summed E-state index contributed by atoms with van der Waals surface area (Å²) in [7, 11) is -3.35. The van der Waals surface area contributed by atoms with Crippen LogP contribution in [-0.2, 0) is 16.6 Å². The van der Waals surface area contributed by atoms with Crippen LogP contribution >= 0.6 is 11.3 Å². The van der Waals surface area contributed by atoms with Crippen molar-refractivity contribution in [3.63, 3.8) is 0 Å². The van der Waals surface area contributed by atoms with E-state index in [1.165, 1.54) is 0 Å². The molecule has 1 aliphatic rings. The van der Waals surface area contributed by atoms with E-state index in [0.717, 1.165) is 17.1 Å². The third kappa shape index (κ3) is 4.25. The Morgan fingerprint density at radius 1 is 1.40 bits per heavy atom. The molecule has 0 aliphatic carbocycles. The fourth-order valence-electron chi connectivity index (χ4n) is 2.72. The summed E-state index contributed by atoms with van der Waals surface area (Å²) in [5, 5.41) is 3.00. The summed E-state index contributed by atoms with van der Waals surface area (Å²) in [4.78, 5) is 4.34. The van der Waals surface area contributed by atoms with E-state index < -0.39 is 10.2 Å². The van der Waals surface area contributed by atoms with Crippen molar-refractivity contribution >= 4 is 21.5 Å². The second-order valence-corrected chi connectivity index (χ2v) is 8.59. The Hall–Kier alpha value is -0.500. The Morgan fingerprint density at radius 2 is 2.05 bits per heavy atom. The lowest BCUT2D eigenvalue weighted by Gasteiger charge is -2.33. The standard InChI is InChI=1S/C13H23N3O2S2/c1-10-6-11(2)8-16(7-10)20(17,18)14-5-4-13-9-19-12(3)15-13/h9-11,14H,4-8H2,1-3H3/t10-,11-/m1/s1. The third-order valence-electron chi connectivity index (χ3n) is 3.51. The molecule has 5 nitrogen and oxygen atoms in total. The van der Waals surface area contributed by atoms with Gasteiger partial charge in [0.2, 0.25) is 0 Å². The Kier molecular flexibility index (Phi) is 5.17. The molecule has 1 aliphatic heterocycles. The zero-order valence-corrected chi connectivity index (χ0v) is 13.9. The van der Waals surface area contributed by atoms with E-state index in [4.69, 9.17) is 0 Å². The van der Waals surface area contributed by atoms with Crippen molar-refractivity contribution < 1.29 is 8.42 Å². The van der Waals surface area contributed by atoms with Gasteiger partial charge in [-0.1, -0.05) is 13.8 Å². The van der Waals surface area contributed by atoms with Crippen molar-refractivity contribution in [1.82, 2.24) is 14.0 Å². The molecule has 7 heteroatoms. The zero-order valence-electron chi connectivity index (χ0n) is 12.3. The number of nitrogens with one attached hydrogen (secondary N) is 1. The van der Waals surface area contributed by atoms with Crippen LogP contribution in [0.4, 0.5) is 0 Å². The molecule has 20 heavy (non-hydrogen) atoms. The van der Waals surface area contributed by atoms with E-state index >= 15 is 0 Å². The molecule has 0 radical (unpaired) electrons. The minimum atomic E-state index is -3.35. The van der Waals surface area contributed by atoms with Crippen molar-refractivity contribution in [2.75, 3.05) is 19.6 Å². The van der Waals surface area contributed by atoms with E-state index in [2.05, 4.69) is 23.6 Å². The number of rotatable bonds is 5. The Balaban J connectivity index is 1.87. The maximum absolute atomic E-state index is 12.3. The molecule has 2 atom stereocenters. The summed E-state index contributed by atoms with van der Waals surface area (Å²) in [6.45, 7) is 7.82. The Labute approximate surface area is 125 Å². The van der Waals surface area contributed by atoms with Gasteiger partial charge in [-0.3, -0.25) is 0 Å². The van der Waals surface area contributed by atoms with Gasteiger partial charge in [-0.15, -0.1) is 11.3 Å². The molecule has 0 bridgehead atoms. The van der Waals surface area contributed by atoms with Crippen molar-refractivity contribution in [3.05, 3.63) is 16.1 Å². The minimum absolute atomic E-state index is 0.408. The van der Waals surface area contributed by atoms with Crippen LogP contribution in [0, 0.1) is 18.8 Å². The van der Waals surface area contributed by atoms with Gasteiger partial charge < -0.3 is 0 Å². The molecule has 0 unspecified atom stereocenters. The summed E-state index contributed by atoms with van der Waals surface area (Å²) in [6, 6.07) is 0. The summed E-state index contributed by atoms with van der Waals surface area (Å²) >= 11 is 1.59. The number of hydrogen-bond acceptors (Lipinski definition) is 4. The minimum Gasteiger partial charge on any atom is -0.247 e. The first-order valence-electron chi connectivity index (χ1n) is 7.02. The monoisotopic (exact) mass is 317 g/mol. The SMILES string of the molecule is Cc1nc(CCNS(=O)(=O)N2C[C@H](C)C[C@@H](C)C2)cs1. The van der Waals surface area contributed by atoms with Crippen molar-refractivity contribution in [2.24, 2.45) is 11.8 Å². The van der Waals surface area contributed by atoms with Gasteiger partial charge in [0.25, 0.3) is 10.2 Å². The second kappa shape index (κ2) is 6.51. The molecule has 1 aromatic heterocycles. The van der Waals surface area contributed by atoms with Crippen LogP contribution in [0.5, 0.6) is 0 Å². The van der Waals surface area contributed by atoms with Crippen LogP contribution in [0.25, 0.3) is 0 Å². The number of aryl methyl sites for hydroxylation is 1. The zero-order chi connectivity index (χ0) is 14.8. The van der Waals surface area contributed by atoms with Gasteiger partial charge in [0.1, 0.15) is 0 Å². The quantitative estimate of drug-likeness (QED) is 0.901. The fraction of sp³-hybridized carbons (Fsp3) is 0.769. The molecule has 0 aromatic carbocycles. The number of thiazole rings is 1. The largest absolute Gasteiger partial charge is 0.279 e. The lowest BCUT2D eigenvalue weighted by Crippen LogP contribution is -2.48. The van der Waals surface area contributed by atoms with Gasteiger partial charge >= 0.3 is 0 Å². The smallest absolute Gasteiger partial charge is 0.247 e. The number of piperidine rings is 1. The molecule has 0 saturated carbocycles. The normalized spacial score (nSPS) is 24.9. The highest BCUT2D eigenvalue weighted by Gasteiger charge is 2.29. The molecule has 0 spiro atoms. The lowest BCUT2D eigenvalue weighted by atomic mass is 9.94. The molecule has 1 aromatic rings. The van der Waals surface area contributed by atoms with Crippen molar-refractivity contribution in [1.29, 1.82) is 0 Å². The van der Waals surface area contributed by atoms with Gasteiger partial charge in [-0.05, 0) is 25.2 Å². The molecular weight excluding hydrogens is 294 g/mol. The maximum atomic E-state index is 12.3. The lowest BCUT2D eigenvalue weighted by molar-refractivity contribution is 0.220. The third-order valence-corrected chi connectivity index (χ3v) is 5.88.